The van der Waals surface area contributed by atoms with E-state index in [1.165, 1.54) is 11.4 Å². The van der Waals surface area contributed by atoms with Crippen LogP contribution in [-0.2, 0) is 12.6 Å². The van der Waals surface area contributed by atoms with Crippen molar-refractivity contribution in [3.8, 4) is 22.4 Å². The molecule has 0 saturated carbocycles. The summed E-state index contributed by atoms with van der Waals surface area (Å²) < 4.78 is 41.5. The fourth-order valence-corrected chi connectivity index (χ4v) is 3.18. The van der Waals surface area contributed by atoms with E-state index in [1.54, 1.807) is 6.07 Å². The van der Waals surface area contributed by atoms with Crippen molar-refractivity contribution in [1.29, 1.82) is 0 Å². The molecule has 0 unspecified atom stereocenters. The highest BCUT2D eigenvalue weighted by Gasteiger charge is 2.33. The first kappa shape index (κ1) is 18.9. The van der Waals surface area contributed by atoms with Gasteiger partial charge in [-0.05, 0) is 24.6 Å². The molecule has 0 saturated heterocycles. The van der Waals surface area contributed by atoms with Gasteiger partial charge >= 0.3 is 6.18 Å². The monoisotopic (exact) mass is 398 g/mol. The lowest BCUT2D eigenvalue weighted by molar-refractivity contribution is -0.141. The Bertz CT molecular complexity index is 1200. The van der Waals surface area contributed by atoms with Gasteiger partial charge in [0.2, 0.25) is 5.95 Å². The van der Waals surface area contributed by atoms with Gasteiger partial charge in [0.1, 0.15) is 5.69 Å². The van der Waals surface area contributed by atoms with Crippen molar-refractivity contribution in [1.82, 2.24) is 24.6 Å². The van der Waals surface area contributed by atoms with Gasteiger partial charge in [0.15, 0.2) is 11.5 Å². The summed E-state index contributed by atoms with van der Waals surface area (Å²) in [5.41, 5.74) is 7.58. The van der Waals surface area contributed by atoms with E-state index in [-0.39, 0.29) is 11.6 Å². The van der Waals surface area contributed by atoms with E-state index < -0.39 is 11.9 Å². The molecule has 3 heterocycles. The van der Waals surface area contributed by atoms with Gasteiger partial charge in [0.25, 0.3) is 0 Å². The number of hydrogen-bond acceptors (Lipinski definition) is 5. The number of alkyl halides is 3. The zero-order valence-electron chi connectivity index (χ0n) is 15.7. The minimum atomic E-state index is -4.58. The van der Waals surface area contributed by atoms with Crippen molar-refractivity contribution in [3.63, 3.8) is 0 Å². The summed E-state index contributed by atoms with van der Waals surface area (Å²) in [7, 11) is 0. The Labute approximate surface area is 164 Å². The number of fused-ring (bicyclic) bond motifs is 1. The maximum atomic E-state index is 13.4. The minimum Gasteiger partial charge on any atom is -0.368 e. The molecule has 0 amide bonds. The summed E-state index contributed by atoms with van der Waals surface area (Å²) in [5.74, 6) is 0.628. The summed E-state index contributed by atoms with van der Waals surface area (Å²) in [6.07, 6.45) is -4.03. The van der Waals surface area contributed by atoms with E-state index >= 15 is 0 Å². The molecular weight excluding hydrogens is 381 g/mol. The molecule has 0 fully saturated rings. The van der Waals surface area contributed by atoms with Crippen LogP contribution in [0.2, 0.25) is 0 Å². The Hall–Kier alpha value is -3.49. The van der Waals surface area contributed by atoms with Crippen LogP contribution in [0.15, 0.2) is 42.5 Å². The van der Waals surface area contributed by atoms with Crippen LogP contribution in [0.4, 0.5) is 19.1 Å². The standard InChI is InChI=1S/C20H17F3N6/c1-3-15-26-18-16(13-9-11(2)25-14(10-13)20(21,22)23)17(12-7-5-4-6-8-12)27-19(24)29(18)28-15/h4-10H,3H2,1-2H3,(H2,24,27). The summed E-state index contributed by atoms with van der Waals surface area (Å²) in [4.78, 5) is 12.6. The molecule has 0 aliphatic heterocycles. The second-order valence-corrected chi connectivity index (χ2v) is 6.56. The van der Waals surface area contributed by atoms with Gasteiger partial charge in [-0.3, -0.25) is 0 Å². The van der Waals surface area contributed by atoms with Gasteiger partial charge < -0.3 is 5.73 Å². The lowest BCUT2D eigenvalue weighted by Gasteiger charge is -2.14. The van der Waals surface area contributed by atoms with Gasteiger partial charge in [-0.1, -0.05) is 37.3 Å². The van der Waals surface area contributed by atoms with Crippen LogP contribution in [0.1, 0.15) is 24.1 Å². The second-order valence-electron chi connectivity index (χ2n) is 6.56. The average Bonchev–Trinajstić information content (AvgIpc) is 3.12. The van der Waals surface area contributed by atoms with Crippen LogP contribution in [0.5, 0.6) is 0 Å². The smallest absolute Gasteiger partial charge is 0.368 e. The number of nitrogens with two attached hydrogens (primary N) is 1. The highest BCUT2D eigenvalue weighted by Crippen LogP contribution is 2.37. The molecule has 4 rings (SSSR count). The summed E-state index contributed by atoms with van der Waals surface area (Å²) in [6, 6.07) is 11.7. The average molecular weight is 398 g/mol. The van der Waals surface area contributed by atoms with Gasteiger partial charge in [0, 0.05) is 17.7 Å². The normalized spacial score (nSPS) is 11.9. The second kappa shape index (κ2) is 6.84. The molecule has 29 heavy (non-hydrogen) atoms. The van der Waals surface area contributed by atoms with E-state index in [2.05, 4.69) is 20.1 Å². The first-order valence-corrected chi connectivity index (χ1v) is 8.94. The highest BCUT2D eigenvalue weighted by molar-refractivity contribution is 5.90. The molecule has 0 aliphatic rings. The Morgan fingerprint density at radius 2 is 1.72 bits per heavy atom. The molecule has 0 aliphatic carbocycles. The maximum absolute atomic E-state index is 13.4. The fourth-order valence-electron chi connectivity index (χ4n) is 3.18. The lowest BCUT2D eigenvalue weighted by atomic mass is 9.99. The molecule has 2 N–H and O–H groups in total. The van der Waals surface area contributed by atoms with Crippen molar-refractivity contribution in [2.24, 2.45) is 0 Å². The summed E-state index contributed by atoms with van der Waals surface area (Å²) >= 11 is 0. The lowest BCUT2D eigenvalue weighted by Crippen LogP contribution is -2.10. The highest BCUT2D eigenvalue weighted by atomic mass is 19.4. The number of anilines is 1. The van der Waals surface area contributed by atoms with Gasteiger partial charge in [-0.25, -0.2) is 15.0 Å². The number of aromatic nitrogens is 5. The summed E-state index contributed by atoms with van der Waals surface area (Å²) in [5, 5.41) is 4.33. The van der Waals surface area contributed by atoms with Crippen LogP contribution < -0.4 is 5.73 Å². The Morgan fingerprint density at radius 3 is 2.38 bits per heavy atom. The predicted octanol–water partition coefficient (Wildman–Crippen LogP) is 4.33. The molecule has 0 radical (unpaired) electrons. The molecule has 0 bridgehead atoms. The van der Waals surface area contributed by atoms with E-state index in [9.17, 15) is 13.2 Å². The first-order valence-electron chi connectivity index (χ1n) is 8.94. The van der Waals surface area contributed by atoms with Crippen molar-refractivity contribution in [2.45, 2.75) is 26.4 Å². The van der Waals surface area contributed by atoms with Crippen LogP contribution in [0, 0.1) is 6.92 Å². The van der Waals surface area contributed by atoms with Crippen LogP contribution in [-0.4, -0.2) is 24.6 Å². The van der Waals surface area contributed by atoms with Gasteiger partial charge in [0.05, 0.1) is 11.3 Å². The number of aryl methyl sites for hydroxylation is 2. The van der Waals surface area contributed by atoms with E-state index in [1.807, 2.05) is 37.3 Å². The molecule has 148 valence electrons. The van der Waals surface area contributed by atoms with Crippen LogP contribution in [0.25, 0.3) is 28.0 Å². The number of rotatable bonds is 3. The molecule has 6 nitrogen and oxygen atoms in total. The summed E-state index contributed by atoms with van der Waals surface area (Å²) in [6.45, 7) is 3.40. The van der Waals surface area contributed by atoms with Crippen LogP contribution >= 0.6 is 0 Å². The number of nitrogens with zero attached hydrogens (tertiary/aromatic N) is 5. The number of nitrogen functional groups attached to an aromatic ring is 1. The zero-order valence-corrected chi connectivity index (χ0v) is 15.7. The van der Waals surface area contributed by atoms with Crippen molar-refractivity contribution in [3.05, 3.63) is 59.7 Å². The third-order valence-electron chi connectivity index (χ3n) is 4.45. The quantitative estimate of drug-likeness (QED) is 0.556. The Kier molecular flexibility index (Phi) is 4.45. The molecule has 9 heteroatoms. The number of halogens is 3. The molecule has 4 aromatic rings. The topological polar surface area (TPSA) is 82.0 Å². The van der Waals surface area contributed by atoms with Crippen molar-refractivity contribution >= 4 is 11.6 Å². The molecule has 1 aromatic carbocycles. The SMILES string of the molecule is CCc1nc2c(-c3cc(C)nc(C(F)(F)F)c3)c(-c3ccccc3)nc(N)n2n1. The fraction of sp³-hybridized carbons (Fsp3) is 0.200. The third kappa shape index (κ3) is 3.39. The van der Waals surface area contributed by atoms with Crippen LogP contribution in [0.3, 0.4) is 0 Å². The van der Waals surface area contributed by atoms with Gasteiger partial charge in [-0.2, -0.15) is 17.7 Å². The number of benzene rings is 1. The van der Waals surface area contributed by atoms with E-state index in [0.29, 0.717) is 40.3 Å². The van der Waals surface area contributed by atoms with Crippen molar-refractivity contribution in [2.75, 3.05) is 5.73 Å². The Morgan fingerprint density at radius 1 is 1.00 bits per heavy atom. The predicted molar refractivity (Wildman–Crippen MR) is 103 cm³/mol. The maximum Gasteiger partial charge on any atom is 0.433 e. The molecule has 3 aromatic heterocycles. The number of hydrogen-bond donors (Lipinski definition) is 1. The van der Waals surface area contributed by atoms with Gasteiger partial charge in [-0.15, -0.1) is 5.10 Å². The number of pyridine rings is 1. The largest absolute Gasteiger partial charge is 0.433 e. The van der Waals surface area contributed by atoms with E-state index in [4.69, 9.17) is 5.73 Å². The van der Waals surface area contributed by atoms with Crippen molar-refractivity contribution < 1.29 is 13.2 Å². The zero-order chi connectivity index (χ0) is 20.8. The van der Waals surface area contributed by atoms with E-state index in [0.717, 1.165) is 6.07 Å². The minimum absolute atomic E-state index is 0.108. The molecule has 0 atom stereocenters. The molecule has 0 spiro atoms. The first-order chi connectivity index (χ1) is 13.8. The Balaban J connectivity index is 2.11. The third-order valence-corrected chi connectivity index (χ3v) is 4.45. The molecular formula is C20H17F3N6.